The van der Waals surface area contributed by atoms with Crippen LogP contribution in [0.5, 0.6) is 0 Å². The van der Waals surface area contributed by atoms with Gasteiger partial charge in [-0.15, -0.1) is 0 Å². The van der Waals surface area contributed by atoms with Crippen LogP contribution in [0.2, 0.25) is 0 Å². The third-order valence-corrected chi connectivity index (χ3v) is 2.96. The van der Waals surface area contributed by atoms with Crippen LogP contribution in [0.1, 0.15) is 20.8 Å². The van der Waals surface area contributed by atoms with Crippen molar-refractivity contribution in [1.82, 2.24) is 10.2 Å². The molecule has 0 aromatic carbocycles. The van der Waals surface area contributed by atoms with Crippen LogP contribution in [0, 0.1) is 0 Å². The Morgan fingerprint density at radius 1 is 1.69 bits per heavy atom. The highest BCUT2D eigenvalue weighted by Crippen LogP contribution is 2.23. The lowest BCUT2D eigenvalue weighted by Crippen LogP contribution is -2.44. The number of aliphatic hydroxyl groups excluding tert-OH is 1. The normalized spacial score (nSPS) is 20.1. The first-order valence-corrected chi connectivity index (χ1v) is 5.95. The second-order valence-electron chi connectivity index (χ2n) is 4.53. The van der Waals surface area contributed by atoms with Gasteiger partial charge in [0.15, 0.2) is 5.50 Å². The van der Waals surface area contributed by atoms with E-state index in [1.807, 2.05) is 20.8 Å². The SMILES string of the molecule is CN(C(=O)OC(C)(C)C)C1NC(CO)=CS1. The summed E-state index contributed by atoms with van der Waals surface area (Å²) in [5.74, 6) is 0. The molecular weight excluding hydrogens is 228 g/mol. The van der Waals surface area contributed by atoms with Crippen molar-refractivity contribution in [3.8, 4) is 0 Å². The molecule has 1 unspecified atom stereocenters. The van der Waals surface area contributed by atoms with Gasteiger partial charge >= 0.3 is 6.09 Å². The lowest BCUT2D eigenvalue weighted by atomic mass is 10.2. The van der Waals surface area contributed by atoms with E-state index in [0.29, 0.717) is 5.70 Å². The third kappa shape index (κ3) is 3.61. The number of rotatable bonds is 2. The summed E-state index contributed by atoms with van der Waals surface area (Å²) >= 11 is 1.43. The molecule has 1 heterocycles. The van der Waals surface area contributed by atoms with Crippen molar-refractivity contribution in [1.29, 1.82) is 0 Å². The summed E-state index contributed by atoms with van der Waals surface area (Å²) < 4.78 is 5.23. The van der Waals surface area contributed by atoms with E-state index in [9.17, 15) is 4.79 Å². The number of hydrogen-bond acceptors (Lipinski definition) is 5. The van der Waals surface area contributed by atoms with Gasteiger partial charge in [-0.05, 0) is 26.2 Å². The van der Waals surface area contributed by atoms with Crippen molar-refractivity contribution < 1.29 is 14.6 Å². The maximum atomic E-state index is 11.7. The maximum absolute atomic E-state index is 11.7. The van der Waals surface area contributed by atoms with Crippen molar-refractivity contribution in [2.24, 2.45) is 0 Å². The molecule has 0 fully saturated rings. The summed E-state index contributed by atoms with van der Waals surface area (Å²) in [6, 6.07) is 0. The number of nitrogens with zero attached hydrogens (tertiary/aromatic N) is 1. The van der Waals surface area contributed by atoms with Crippen LogP contribution in [0.4, 0.5) is 4.79 Å². The van der Waals surface area contributed by atoms with Gasteiger partial charge in [-0.3, -0.25) is 4.90 Å². The molecule has 16 heavy (non-hydrogen) atoms. The highest BCUT2D eigenvalue weighted by Gasteiger charge is 2.27. The number of carbonyl (C=O) groups excluding carboxylic acids is 1. The van der Waals surface area contributed by atoms with Gasteiger partial charge in [-0.2, -0.15) is 0 Å². The molecule has 0 radical (unpaired) electrons. The third-order valence-electron chi connectivity index (χ3n) is 1.85. The molecule has 5 nitrogen and oxygen atoms in total. The lowest BCUT2D eigenvalue weighted by Gasteiger charge is -2.28. The van der Waals surface area contributed by atoms with Gasteiger partial charge in [0.05, 0.1) is 6.61 Å². The van der Waals surface area contributed by atoms with Crippen LogP contribution >= 0.6 is 11.8 Å². The first-order chi connectivity index (χ1) is 7.33. The van der Waals surface area contributed by atoms with Crippen LogP contribution in [-0.2, 0) is 4.74 Å². The van der Waals surface area contributed by atoms with Crippen molar-refractivity contribution in [3.05, 3.63) is 11.1 Å². The fraction of sp³-hybridized carbons (Fsp3) is 0.700. The standard InChI is InChI=1S/C10H18N2O3S/c1-10(2,3)15-9(14)12(4)8-11-7(5-13)6-16-8/h6,8,11,13H,5H2,1-4H3. The zero-order chi connectivity index (χ0) is 12.3. The van der Waals surface area contributed by atoms with Crippen LogP contribution in [0.15, 0.2) is 11.1 Å². The Morgan fingerprint density at radius 3 is 2.75 bits per heavy atom. The van der Waals surface area contributed by atoms with Gasteiger partial charge in [0.2, 0.25) is 0 Å². The molecule has 0 aliphatic carbocycles. The molecule has 0 saturated heterocycles. The molecule has 1 amide bonds. The zero-order valence-corrected chi connectivity index (χ0v) is 10.8. The maximum Gasteiger partial charge on any atom is 0.412 e. The van der Waals surface area contributed by atoms with Gasteiger partial charge in [0.1, 0.15) is 5.60 Å². The van der Waals surface area contributed by atoms with Gasteiger partial charge in [-0.25, -0.2) is 4.79 Å². The van der Waals surface area contributed by atoms with E-state index < -0.39 is 5.60 Å². The highest BCUT2D eigenvalue weighted by molar-refractivity contribution is 8.02. The second-order valence-corrected chi connectivity index (χ2v) is 5.48. The Kier molecular flexibility index (Phi) is 4.09. The Balaban J connectivity index is 2.47. The summed E-state index contributed by atoms with van der Waals surface area (Å²) in [5.41, 5.74) is 0.00407. The first kappa shape index (κ1) is 13.2. The van der Waals surface area contributed by atoms with Gasteiger partial charge in [0.25, 0.3) is 0 Å². The van der Waals surface area contributed by atoms with Crippen molar-refractivity contribution in [2.75, 3.05) is 13.7 Å². The molecule has 92 valence electrons. The first-order valence-electron chi connectivity index (χ1n) is 5.01. The molecule has 0 saturated carbocycles. The number of carbonyl (C=O) groups is 1. The Bertz CT molecular complexity index is 299. The molecule has 0 bridgehead atoms. The monoisotopic (exact) mass is 246 g/mol. The molecule has 1 aliphatic heterocycles. The minimum absolute atomic E-state index is 0.0499. The minimum Gasteiger partial charge on any atom is -0.444 e. The fourth-order valence-corrected chi connectivity index (χ4v) is 2.00. The predicted molar refractivity (Wildman–Crippen MR) is 63.7 cm³/mol. The van der Waals surface area contributed by atoms with E-state index in [4.69, 9.17) is 9.84 Å². The quantitative estimate of drug-likeness (QED) is 0.769. The number of nitrogens with one attached hydrogen (secondary N) is 1. The summed E-state index contributed by atoms with van der Waals surface area (Å²) in [7, 11) is 1.66. The van der Waals surface area contributed by atoms with E-state index in [1.54, 1.807) is 12.5 Å². The average molecular weight is 246 g/mol. The fourth-order valence-electron chi connectivity index (χ4n) is 1.07. The molecule has 1 aliphatic rings. The average Bonchev–Trinajstić information content (AvgIpc) is 2.61. The molecule has 2 N–H and O–H groups in total. The zero-order valence-electron chi connectivity index (χ0n) is 9.98. The molecule has 1 rings (SSSR count). The topological polar surface area (TPSA) is 61.8 Å². The van der Waals surface area contributed by atoms with Crippen LogP contribution in [0.3, 0.4) is 0 Å². The summed E-state index contributed by atoms with van der Waals surface area (Å²) in [5, 5.41) is 13.7. The molecule has 0 aromatic rings. The van der Waals surface area contributed by atoms with Gasteiger partial charge in [-0.1, -0.05) is 11.8 Å². The molecule has 0 aromatic heterocycles. The van der Waals surface area contributed by atoms with Crippen LogP contribution < -0.4 is 5.32 Å². The number of amides is 1. The van der Waals surface area contributed by atoms with Crippen LogP contribution in [-0.4, -0.2) is 40.9 Å². The van der Waals surface area contributed by atoms with E-state index in [-0.39, 0.29) is 18.2 Å². The summed E-state index contributed by atoms with van der Waals surface area (Å²) in [6.07, 6.45) is -0.384. The summed E-state index contributed by atoms with van der Waals surface area (Å²) in [4.78, 5) is 13.2. The van der Waals surface area contributed by atoms with E-state index in [1.165, 1.54) is 16.7 Å². The van der Waals surface area contributed by atoms with Gasteiger partial charge in [0, 0.05) is 12.7 Å². The Labute approximate surface area is 99.8 Å². The van der Waals surface area contributed by atoms with Crippen LogP contribution in [0.25, 0.3) is 0 Å². The van der Waals surface area contributed by atoms with Crippen molar-refractivity contribution in [2.45, 2.75) is 31.9 Å². The van der Waals surface area contributed by atoms with Crippen molar-refractivity contribution >= 4 is 17.9 Å². The predicted octanol–water partition coefficient (Wildman–Crippen LogP) is 1.31. The number of hydrogen-bond donors (Lipinski definition) is 2. The summed E-state index contributed by atoms with van der Waals surface area (Å²) in [6.45, 7) is 5.42. The largest absolute Gasteiger partial charge is 0.444 e. The van der Waals surface area contributed by atoms with Crippen molar-refractivity contribution in [3.63, 3.8) is 0 Å². The molecule has 6 heteroatoms. The van der Waals surface area contributed by atoms with E-state index >= 15 is 0 Å². The van der Waals surface area contributed by atoms with E-state index in [2.05, 4.69) is 5.32 Å². The Morgan fingerprint density at radius 2 is 2.31 bits per heavy atom. The smallest absolute Gasteiger partial charge is 0.412 e. The van der Waals surface area contributed by atoms with E-state index in [0.717, 1.165) is 0 Å². The minimum atomic E-state index is -0.498. The Hall–Kier alpha value is -0.880. The number of ether oxygens (including phenoxy) is 1. The highest BCUT2D eigenvalue weighted by atomic mass is 32.2. The molecule has 1 atom stereocenters. The molecule has 0 spiro atoms. The second kappa shape index (κ2) is 4.97. The number of aliphatic hydroxyl groups is 1. The lowest BCUT2D eigenvalue weighted by molar-refractivity contribution is 0.0268. The molecular formula is C10H18N2O3S. The number of thioether (sulfide) groups is 1. The van der Waals surface area contributed by atoms with Gasteiger partial charge < -0.3 is 15.2 Å².